The summed E-state index contributed by atoms with van der Waals surface area (Å²) in [4.78, 5) is 22.7. The molecule has 1 saturated carbocycles. The normalized spacial score (nSPS) is 19.1. The van der Waals surface area contributed by atoms with Crippen molar-refractivity contribution < 1.29 is 14.7 Å². The number of carbonyl (C=O) groups is 2. The maximum absolute atomic E-state index is 11.8. The summed E-state index contributed by atoms with van der Waals surface area (Å²) in [5, 5.41) is 14.4. The summed E-state index contributed by atoms with van der Waals surface area (Å²) >= 11 is 0. The third-order valence-corrected chi connectivity index (χ3v) is 3.41. The first-order valence-electron chi connectivity index (χ1n) is 6.80. The van der Waals surface area contributed by atoms with E-state index < -0.39 is 12.0 Å². The molecule has 0 radical (unpaired) electrons. The highest BCUT2D eigenvalue weighted by atomic mass is 16.4. The predicted octanol–water partition coefficient (Wildman–Crippen LogP) is 2.12. The van der Waals surface area contributed by atoms with E-state index in [0.29, 0.717) is 0 Å². The predicted molar refractivity (Wildman–Crippen MR) is 69.4 cm³/mol. The number of carboxylic acid groups (broad SMARTS) is 1. The van der Waals surface area contributed by atoms with Crippen molar-refractivity contribution in [3.63, 3.8) is 0 Å². The minimum Gasteiger partial charge on any atom is -0.480 e. The van der Waals surface area contributed by atoms with Crippen LogP contribution >= 0.6 is 0 Å². The molecule has 5 nitrogen and oxygen atoms in total. The number of carbonyl (C=O) groups excluding carboxylic acids is 1. The van der Waals surface area contributed by atoms with Crippen molar-refractivity contribution in [2.45, 2.75) is 64.5 Å². The Kier molecular flexibility index (Phi) is 5.95. The van der Waals surface area contributed by atoms with Gasteiger partial charge in [-0.05, 0) is 18.8 Å². The lowest BCUT2D eigenvalue weighted by Gasteiger charge is -2.21. The van der Waals surface area contributed by atoms with E-state index in [2.05, 4.69) is 10.6 Å². The van der Waals surface area contributed by atoms with E-state index in [4.69, 9.17) is 5.11 Å². The number of hydrogen-bond acceptors (Lipinski definition) is 2. The fourth-order valence-corrected chi connectivity index (χ4v) is 2.31. The lowest BCUT2D eigenvalue weighted by Crippen LogP contribution is -2.50. The van der Waals surface area contributed by atoms with Gasteiger partial charge in [-0.15, -0.1) is 0 Å². The molecule has 0 spiro atoms. The number of amides is 2. The highest BCUT2D eigenvalue weighted by Crippen LogP contribution is 2.17. The second kappa shape index (κ2) is 7.24. The molecule has 1 fully saturated rings. The molecule has 104 valence electrons. The van der Waals surface area contributed by atoms with Crippen LogP contribution in [0.1, 0.15) is 52.4 Å². The molecule has 1 aliphatic carbocycles. The van der Waals surface area contributed by atoms with Gasteiger partial charge in [-0.2, -0.15) is 0 Å². The van der Waals surface area contributed by atoms with Crippen LogP contribution < -0.4 is 10.6 Å². The maximum Gasteiger partial charge on any atom is 0.326 e. The Morgan fingerprint density at radius 3 is 2.11 bits per heavy atom. The van der Waals surface area contributed by atoms with Gasteiger partial charge in [-0.25, -0.2) is 9.59 Å². The average molecular weight is 256 g/mol. The standard InChI is InChI=1S/C13H24N2O3/c1-9(2)11(12(16)17)15-13(18)14-10-7-5-3-4-6-8-10/h9-11H,3-8H2,1-2H3,(H,16,17)(H2,14,15,18)/t11-/m1/s1. The molecule has 0 bridgehead atoms. The first kappa shape index (κ1) is 14.8. The van der Waals surface area contributed by atoms with Crippen LogP contribution in [0.5, 0.6) is 0 Å². The number of aliphatic carboxylic acids is 1. The second-order valence-electron chi connectivity index (χ2n) is 5.37. The Labute approximate surface area is 108 Å². The highest BCUT2D eigenvalue weighted by Gasteiger charge is 2.24. The number of carboxylic acids is 1. The van der Waals surface area contributed by atoms with Gasteiger partial charge in [-0.3, -0.25) is 0 Å². The zero-order valence-corrected chi connectivity index (χ0v) is 11.2. The molecule has 0 aliphatic heterocycles. The Morgan fingerprint density at radius 2 is 1.67 bits per heavy atom. The van der Waals surface area contributed by atoms with E-state index in [0.717, 1.165) is 25.7 Å². The number of nitrogens with one attached hydrogen (secondary N) is 2. The van der Waals surface area contributed by atoms with Crippen molar-refractivity contribution in [2.75, 3.05) is 0 Å². The van der Waals surface area contributed by atoms with Crippen molar-refractivity contribution in [1.82, 2.24) is 10.6 Å². The molecule has 3 N–H and O–H groups in total. The summed E-state index contributed by atoms with van der Waals surface area (Å²) in [5.41, 5.74) is 0. The molecule has 1 atom stereocenters. The zero-order valence-electron chi connectivity index (χ0n) is 11.2. The average Bonchev–Trinajstić information content (AvgIpc) is 2.53. The van der Waals surface area contributed by atoms with Crippen LogP contribution in [0.3, 0.4) is 0 Å². The van der Waals surface area contributed by atoms with Crippen molar-refractivity contribution in [2.24, 2.45) is 5.92 Å². The maximum atomic E-state index is 11.8. The van der Waals surface area contributed by atoms with Gasteiger partial charge < -0.3 is 15.7 Å². The molecule has 0 heterocycles. The number of hydrogen-bond donors (Lipinski definition) is 3. The molecular formula is C13H24N2O3. The first-order valence-corrected chi connectivity index (χ1v) is 6.80. The van der Waals surface area contributed by atoms with E-state index in [1.165, 1.54) is 12.8 Å². The molecule has 1 aliphatic rings. The largest absolute Gasteiger partial charge is 0.480 e. The molecule has 0 saturated heterocycles. The molecule has 0 aromatic carbocycles. The van der Waals surface area contributed by atoms with Gasteiger partial charge in [0.2, 0.25) is 0 Å². The smallest absolute Gasteiger partial charge is 0.326 e. The lowest BCUT2D eigenvalue weighted by molar-refractivity contribution is -0.140. The van der Waals surface area contributed by atoms with Crippen LogP contribution in [0, 0.1) is 5.92 Å². The van der Waals surface area contributed by atoms with Gasteiger partial charge in [-0.1, -0.05) is 39.5 Å². The van der Waals surface area contributed by atoms with Crippen LogP contribution in [-0.2, 0) is 4.79 Å². The summed E-state index contributed by atoms with van der Waals surface area (Å²) in [6, 6.07) is -0.993. The quantitative estimate of drug-likeness (QED) is 0.674. The van der Waals surface area contributed by atoms with Crippen molar-refractivity contribution in [3.05, 3.63) is 0 Å². The topological polar surface area (TPSA) is 78.4 Å². The van der Waals surface area contributed by atoms with Crippen LogP contribution in [0.4, 0.5) is 4.79 Å². The van der Waals surface area contributed by atoms with E-state index >= 15 is 0 Å². The molecule has 0 unspecified atom stereocenters. The van der Waals surface area contributed by atoms with Crippen molar-refractivity contribution in [3.8, 4) is 0 Å². The Hall–Kier alpha value is -1.26. The molecule has 0 aromatic heterocycles. The fraction of sp³-hybridized carbons (Fsp3) is 0.846. The minimum atomic E-state index is -0.985. The van der Waals surface area contributed by atoms with Gasteiger partial charge in [0.25, 0.3) is 0 Å². The molecular weight excluding hydrogens is 232 g/mol. The van der Waals surface area contributed by atoms with E-state index in [9.17, 15) is 9.59 Å². The second-order valence-corrected chi connectivity index (χ2v) is 5.37. The van der Waals surface area contributed by atoms with Gasteiger partial charge in [0, 0.05) is 6.04 Å². The zero-order chi connectivity index (χ0) is 13.5. The van der Waals surface area contributed by atoms with E-state index in [1.807, 2.05) is 0 Å². The van der Waals surface area contributed by atoms with Gasteiger partial charge in [0.1, 0.15) is 6.04 Å². The summed E-state index contributed by atoms with van der Waals surface area (Å²) < 4.78 is 0. The molecule has 5 heteroatoms. The van der Waals surface area contributed by atoms with Gasteiger partial charge in [0.05, 0.1) is 0 Å². The van der Waals surface area contributed by atoms with Crippen LogP contribution in [-0.4, -0.2) is 29.2 Å². The summed E-state index contributed by atoms with van der Waals surface area (Å²) in [5.74, 6) is -1.11. The Morgan fingerprint density at radius 1 is 1.11 bits per heavy atom. The van der Waals surface area contributed by atoms with E-state index in [-0.39, 0.29) is 18.0 Å². The van der Waals surface area contributed by atoms with Crippen LogP contribution in [0.25, 0.3) is 0 Å². The van der Waals surface area contributed by atoms with Crippen LogP contribution in [0.2, 0.25) is 0 Å². The third-order valence-electron chi connectivity index (χ3n) is 3.41. The molecule has 1 rings (SSSR count). The van der Waals surface area contributed by atoms with Crippen molar-refractivity contribution >= 4 is 12.0 Å². The van der Waals surface area contributed by atoms with Crippen molar-refractivity contribution in [1.29, 1.82) is 0 Å². The van der Waals surface area contributed by atoms with Gasteiger partial charge in [0.15, 0.2) is 0 Å². The van der Waals surface area contributed by atoms with Gasteiger partial charge >= 0.3 is 12.0 Å². The Balaban J connectivity index is 2.41. The highest BCUT2D eigenvalue weighted by molar-refractivity contribution is 5.82. The molecule has 18 heavy (non-hydrogen) atoms. The third kappa shape index (κ3) is 4.94. The SMILES string of the molecule is CC(C)[C@@H](NC(=O)NC1CCCCCC1)C(=O)O. The number of urea groups is 1. The fourth-order valence-electron chi connectivity index (χ4n) is 2.31. The van der Waals surface area contributed by atoms with Crippen LogP contribution in [0.15, 0.2) is 0 Å². The summed E-state index contributed by atoms with van der Waals surface area (Å²) in [6.45, 7) is 3.56. The lowest BCUT2D eigenvalue weighted by atomic mass is 10.1. The molecule has 0 aromatic rings. The first-order chi connectivity index (χ1) is 8.50. The Bertz CT molecular complexity index is 284. The monoisotopic (exact) mass is 256 g/mol. The summed E-state index contributed by atoms with van der Waals surface area (Å²) in [7, 11) is 0. The minimum absolute atomic E-state index is 0.123. The molecule has 2 amide bonds. The summed E-state index contributed by atoms with van der Waals surface area (Å²) in [6.07, 6.45) is 6.71. The van der Waals surface area contributed by atoms with E-state index in [1.54, 1.807) is 13.8 Å². The number of rotatable bonds is 4.